The van der Waals surface area contributed by atoms with Crippen molar-refractivity contribution in [2.24, 2.45) is 4.99 Å². The Labute approximate surface area is 116 Å². The van der Waals surface area contributed by atoms with Crippen LogP contribution in [-0.4, -0.2) is 17.0 Å². The SMILES string of the molecule is CCCC1CN=C(Nc2ccc(C#N)c(Cl)c2)S1. The average Bonchev–Trinajstić information content (AvgIpc) is 2.77. The van der Waals surface area contributed by atoms with Crippen LogP contribution in [0.5, 0.6) is 0 Å². The Balaban J connectivity index is 1.99. The summed E-state index contributed by atoms with van der Waals surface area (Å²) in [5.41, 5.74) is 1.37. The molecule has 1 aromatic carbocycles. The Bertz CT molecular complexity index is 507. The number of nitrogens with zero attached hydrogens (tertiary/aromatic N) is 2. The van der Waals surface area contributed by atoms with Crippen molar-refractivity contribution in [1.82, 2.24) is 0 Å². The van der Waals surface area contributed by atoms with Gasteiger partial charge in [0.05, 0.1) is 17.1 Å². The third-order valence-corrected chi connectivity index (χ3v) is 4.15. The molecule has 0 amide bonds. The molecule has 1 heterocycles. The van der Waals surface area contributed by atoms with E-state index >= 15 is 0 Å². The zero-order valence-corrected chi connectivity index (χ0v) is 11.7. The van der Waals surface area contributed by atoms with E-state index in [0.717, 1.165) is 17.4 Å². The number of amidine groups is 1. The molecule has 0 aliphatic carbocycles. The van der Waals surface area contributed by atoms with Crippen LogP contribution in [0.15, 0.2) is 23.2 Å². The molecule has 0 spiro atoms. The molecule has 0 bridgehead atoms. The molecule has 5 heteroatoms. The van der Waals surface area contributed by atoms with Crippen LogP contribution in [0.2, 0.25) is 5.02 Å². The highest BCUT2D eigenvalue weighted by molar-refractivity contribution is 8.15. The van der Waals surface area contributed by atoms with Crippen LogP contribution in [0.4, 0.5) is 5.69 Å². The first-order valence-corrected chi connectivity index (χ1v) is 7.16. The highest BCUT2D eigenvalue weighted by Gasteiger charge is 2.18. The monoisotopic (exact) mass is 279 g/mol. The third-order valence-electron chi connectivity index (χ3n) is 2.67. The molecular weight excluding hydrogens is 266 g/mol. The van der Waals surface area contributed by atoms with Crippen molar-refractivity contribution in [3.63, 3.8) is 0 Å². The van der Waals surface area contributed by atoms with Gasteiger partial charge in [0.15, 0.2) is 5.17 Å². The van der Waals surface area contributed by atoms with Crippen LogP contribution in [0, 0.1) is 11.3 Å². The molecule has 1 N–H and O–H groups in total. The fourth-order valence-corrected chi connectivity index (χ4v) is 3.13. The van der Waals surface area contributed by atoms with Gasteiger partial charge in [-0.05, 0) is 24.6 Å². The summed E-state index contributed by atoms with van der Waals surface area (Å²) < 4.78 is 0. The molecule has 1 atom stereocenters. The molecule has 0 saturated heterocycles. The van der Waals surface area contributed by atoms with Crippen molar-refractivity contribution < 1.29 is 0 Å². The zero-order valence-electron chi connectivity index (χ0n) is 10.1. The fraction of sp³-hybridized carbons (Fsp3) is 0.385. The van der Waals surface area contributed by atoms with Crippen LogP contribution in [0.25, 0.3) is 0 Å². The first-order chi connectivity index (χ1) is 8.72. The van der Waals surface area contributed by atoms with Gasteiger partial charge >= 0.3 is 0 Å². The molecule has 0 fully saturated rings. The molecule has 2 rings (SSSR count). The van der Waals surface area contributed by atoms with E-state index in [2.05, 4.69) is 17.2 Å². The predicted molar refractivity (Wildman–Crippen MR) is 78.4 cm³/mol. The topological polar surface area (TPSA) is 48.2 Å². The van der Waals surface area contributed by atoms with Gasteiger partial charge in [0, 0.05) is 10.9 Å². The second kappa shape index (κ2) is 6.12. The summed E-state index contributed by atoms with van der Waals surface area (Å²) in [6.07, 6.45) is 2.37. The number of hydrogen-bond donors (Lipinski definition) is 1. The maximum atomic E-state index is 8.80. The first-order valence-electron chi connectivity index (χ1n) is 5.90. The molecule has 0 radical (unpaired) electrons. The van der Waals surface area contributed by atoms with Gasteiger partial charge in [-0.3, -0.25) is 4.99 Å². The Morgan fingerprint density at radius 1 is 1.61 bits per heavy atom. The van der Waals surface area contributed by atoms with Crippen LogP contribution in [-0.2, 0) is 0 Å². The smallest absolute Gasteiger partial charge is 0.161 e. The molecule has 94 valence electrons. The van der Waals surface area contributed by atoms with Crippen molar-refractivity contribution >= 4 is 34.2 Å². The lowest BCUT2D eigenvalue weighted by molar-refractivity contribution is 0.754. The first kappa shape index (κ1) is 13.3. The lowest BCUT2D eigenvalue weighted by Crippen LogP contribution is -2.07. The fourth-order valence-electron chi connectivity index (χ4n) is 1.77. The minimum absolute atomic E-state index is 0.469. The van der Waals surface area contributed by atoms with Crippen LogP contribution in [0.1, 0.15) is 25.3 Å². The standard InChI is InChI=1S/C13H14ClN3S/c1-2-3-11-8-16-13(18-11)17-10-5-4-9(7-15)12(14)6-10/h4-6,11H,2-3,8H2,1H3,(H,16,17). The highest BCUT2D eigenvalue weighted by Crippen LogP contribution is 2.27. The van der Waals surface area contributed by atoms with Crippen molar-refractivity contribution in [3.05, 3.63) is 28.8 Å². The Hall–Kier alpha value is -1.18. The highest BCUT2D eigenvalue weighted by atomic mass is 35.5. The third kappa shape index (κ3) is 3.18. The number of anilines is 1. The molecule has 0 saturated carbocycles. The summed E-state index contributed by atoms with van der Waals surface area (Å²) in [5, 5.41) is 14.0. The van der Waals surface area contributed by atoms with Crippen molar-refractivity contribution in [1.29, 1.82) is 5.26 Å². The van der Waals surface area contributed by atoms with Crippen LogP contribution in [0.3, 0.4) is 0 Å². The molecule has 1 aliphatic rings. The van der Waals surface area contributed by atoms with Gasteiger partial charge < -0.3 is 5.32 Å². The molecule has 1 aliphatic heterocycles. The maximum absolute atomic E-state index is 8.80. The lowest BCUT2D eigenvalue weighted by atomic mass is 10.2. The second-order valence-corrected chi connectivity index (χ2v) is 5.80. The summed E-state index contributed by atoms with van der Waals surface area (Å²) in [7, 11) is 0. The van der Waals surface area contributed by atoms with Gasteiger partial charge in [-0.15, -0.1) is 0 Å². The summed E-state index contributed by atoms with van der Waals surface area (Å²) in [6, 6.07) is 7.37. The number of hydrogen-bond acceptors (Lipinski definition) is 4. The normalized spacial score (nSPS) is 18.3. The van der Waals surface area contributed by atoms with E-state index < -0.39 is 0 Å². The minimum Gasteiger partial charge on any atom is -0.335 e. The number of thioether (sulfide) groups is 1. The van der Waals surface area contributed by atoms with E-state index in [4.69, 9.17) is 16.9 Å². The summed E-state index contributed by atoms with van der Waals surface area (Å²) in [4.78, 5) is 4.46. The minimum atomic E-state index is 0.469. The quantitative estimate of drug-likeness (QED) is 0.913. The molecule has 3 nitrogen and oxygen atoms in total. The average molecular weight is 280 g/mol. The van der Waals surface area contributed by atoms with E-state index in [1.54, 1.807) is 23.9 Å². The summed E-state index contributed by atoms with van der Waals surface area (Å²) >= 11 is 7.76. The van der Waals surface area contributed by atoms with E-state index in [-0.39, 0.29) is 0 Å². The van der Waals surface area contributed by atoms with E-state index in [1.807, 2.05) is 12.1 Å². The lowest BCUT2D eigenvalue weighted by Gasteiger charge is -2.08. The van der Waals surface area contributed by atoms with Gasteiger partial charge in [0.1, 0.15) is 6.07 Å². The number of halogens is 1. The molecule has 1 aromatic rings. The van der Waals surface area contributed by atoms with Crippen LogP contribution >= 0.6 is 23.4 Å². The van der Waals surface area contributed by atoms with Gasteiger partial charge in [-0.25, -0.2) is 0 Å². The molecule has 1 unspecified atom stereocenters. The number of benzene rings is 1. The number of nitrogens with one attached hydrogen (secondary N) is 1. The number of aliphatic imine (C=N–C) groups is 1. The summed E-state index contributed by atoms with van der Waals surface area (Å²) in [5.74, 6) is 0. The largest absolute Gasteiger partial charge is 0.335 e. The van der Waals surface area contributed by atoms with Gasteiger partial charge in [-0.1, -0.05) is 36.7 Å². The second-order valence-electron chi connectivity index (χ2n) is 4.11. The number of nitriles is 1. The van der Waals surface area contributed by atoms with Gasteiger partial charge in [0.25, 0.3) is 0 Å². The van der Waals surface area contributed by atoms with E-state index in [9.17, 15) is 0 Å². The Kier molecular flexibility index (Phi) is 4.51. The summed E-state index contributed by atoms with van der Waals surface area (Å²) in [6.45, 7) is 3.07. The Morgan fingerprint density at radius 2 is 2.44 bits per heavy atom. The van der Waals surface area contributed by atoms with Crippen molar-refractivity contribution in [2.45, 2.75) is 25.0 Å². The molecule has 18 heavy (non-hydrogen) atoms. The molecular formula is C13H14ClN3S. The van der Waals surface area contributed by atoms with Crippen molar-refractivity contribution in [2.75, 3.05) is 11.9 Å². The van der Waals surface area contributed by atoms with Crippen LogP contribution < -0.4 is 5.32 Å². The number of rotatable bonds is 3. The van der Waals surface area contributed by atoms with Crippen molar-refractivity contribution in [3.8, 4) is 6.07 Å². The van der Waals surface area contributed by atoms with E-state index in [0.29, 0.717) is 15.8 Å². The van der Waals surface area contributed by atoms with Gasteiger partial charge in [-0.2, -0.15) is 5.26 Å². The predicted octanol–water partition coefficient (Wildman–Crippen LogP) is 3.90. The zero-order chi connectivity index (χ0) is 13.0. The van der Waals surface area contributed by atoms with Gasteiger partial charge in [0.2, 0.25) is 0 Å². The molecule has 0 aromatic heterocycles. The maximum Gasteiger partial charge on any atom is 0.161 e. The Morgan fingerprint density at radius 3 is 3.11 bits per heavy atom. The van der Waals surface area contributed by atoms with E-state index in [1.165, 1.54) is 12.8 Å².